The third-order valence-corrected chi connectivity index (χ3v) is 5.44. The zero-order valence-corrected chi connectivity index (χ0v) is 11.0. The zero-order valence-electron chi connectivity index (χ0n) is 8.84. The van der Waals surface area contributed by atoms with E-state index in [1.807, 2.05) is 0 Å². The summed E-state index contributed by atoms with van der Waals surface area (Å²) in [5, 5.41) is 10.5. The standard InChI is InChI=1S/C12H17IO2/c13-6-10(14)11-2-8-1-9(3-11)5-12(15,4-8)7-11/h8-9,15H,1-7H2. The van der Waals surface area contributed by atoms with Crippen molar-refractivity contribution >= 4 is 28.4 Å². The molecule has 0 aromatic carbocycles. The lowest BCUT2D eigenvalue weighted by Gasteiger charge is -2.59. The second-order valence-electron chi connectivity index (χ2n) is 6.02. The van der Waals surface area contributed by atoms with Gasteiger partial charge in [0, 0.05) is 5.41 Å². The van der Waals surface area contributed by atoms with Gasteiger partial charge in [0.1, 0.15) is 5.78 Å². The van der Waals surface area contributed by atoms with Crippen LogP contribution in [0.2, 0.25) is 0 Å². The minimum absolute atomic E-state index is 0.125. The van der Waals surface area contributed by atoms with Crippen LogP contribution in [0.15, 0.2) is 0 Å². The van der Waals surface area contributed by atoms with E-state index >= 15 is 0 Å². The third-order valence-electron chi connectivity index (χ3n) is 4.74. The average molecular weight is 320 g/mol. The number of halogens is 1. The van der Waals surface area contributed by atoms with Gasteiger partial charge in [0.15, 0.2) is 0 Å². The van der Waals surface area contributed by atoms with Crippen LogP contribution in [0.3, 0.4) is 0 Å². The number of Topliss-reactive ketones (excluding diaryl/α,β-unsaturated/α-hetero) is 1. The van der Waals surface area contributed by atoms with E-state index in [9.17, 15) is 9.90 Å². The van der Waals surface area contributed by atoms with Crippen molar-refractivity contribution < 1.29 is 9.90 Å². The van der Waals surface area contributed by atoms with Crippen LogP contribution >= 0.6 is 22.6 Å². The Morgan fingerprint density at radius 1 is 1.27 bits per heavy atom. The molecule has 2 unspecified atom stereocenters. The van der Waals surface area contributed by atoms with Crippen molar-refractivity contribution in [2.45, 2.75) is 44.1 Å². The molecule has 4 saturated carbocycles. The predicted molar refractivity (Wildman–Crippen MR) is 66.0 cm³/mol. The number of alkyl halides is 1. The summed E-state index contributed by atoms with van der Waals surface area (Å²) in [6.07, 6.45) is 6.06. The lowest BCUT2D eigenvalue weighted by atomic mass is 9.47. The highest BCUT2D eigenvalue weighted by Crippen LogP contribution is 2.61. The van der Waals surface area contributed by atoms with E-state index in [0.29, 0.717) is 22.0 Å². The highest BCUT2D eigenvalue weighted by atomic mass is 127. The number of aliphatic hydroxyl groups is 1. The molecule has 4 rings (SSSR count). The number of hydrogen-bond acceptors (Lipinski definition) is 2. The van der Waals surface area contributed by atoms with Crippen molar-refractivity contribution in [1.82, 2.24) is 0 Å². The second-order valence-corrected chi connectivity index (χ2v) is 6.79. The van der Waals surface area contributed by atoms with Crippen LogP contribution in [0, 0.1) is 17.3 Å². The summed E-state index contributed by atoms with van der Waals surface area (Å²) in [5.74, 6) is 1.65. The fraction of sp³-hybridized carbons (Fsp3) is 0.917. The van der Waals surface area contributed by atoms with Crippen molar-refractivity contribution in [3.8, 4) is 0 Å². The minimum atomic E-state index is -0.481. The van der Waals surface area contributed by atoms with Gasteiger partial charge in [-0.25, -0.2) is 0 Å². The molecule has 3 heteroatoms. The quantitative estimate of drug-likeness (QED) is 0.626. The van der Waals surface area contributed by atoms with Gasteiger partial charge in [0.05, 0.1) is 10.0 Å². The van der Waals surface area contributed by atoms with Crippen molar-refractivity contribution in [1.29, 1.82) is 0 Å². The fourth-order valence-corrected chi connectivity index (χ4v) is 5.49. The molecule has 84 valence electrons. The molecular formula is C12H17IO2. The minimum Gasteiger partial charge on any atom is -0.390 e. The third kappa shape index (κ3) is 1.49. The highest BCUT2D eigenvalue weighted by molar-refractivity contribution is 14.1. The molecular weight excluding hydrogens is 303 g/mol. The molecule has 0 spiro atoms. The Balaban J connectivity index is 1.96. The normalized spacial score (nSPS) is 52.1. The lowest BCUT2D eigenvalue weighted by molar-refractivity contribution is -0.174. The Bertz CT molecular complexity index is 299. The molecule has 4 aliphatic carbocycles. The van der Waals surface area contributed by atoms with Crippen LogP contribution in [0.5, 0.6) is 0 Å². The maximum Gasteiger partial charge on any atom is 0.148 e. The molecule has 0 saturated heterocycles. The number of rotatable bonds is 2. The van der Waals surface area contributed by atoms with E-state index < -0.39 is 5.60 Å². The Labute approximate surface area is 104 Å². The maximum atomic E-state index is 12.1. The van der Waals surface area contributed by atoms with Gasteiger partial charge < -0.3 is 5.11 Å². The summed E-state index contributed by atoms with van der Waals surface area (Å²) >= 11 is 2.18. The van der Waals surface area contributed by atoms with Crippen LogP contribution < -0.4 is 0 Å². The van der Waals surface area contributed by atoms with E-state index in [4.69, 9.17) is 0 Å². The molecule has 15 heavy (non-hydrogen) atoms. The first kappa shape index (κ1) is 10.5. The predicted octanol–water partition coefficient (Wildman–Crippen LogP) is 2.32. The Hall–Kier alpha value is 0.360. The van der Waals surface area contributed by atoms with Gasteiger partial charge in [-0.15, -0.1) is 0 Å². The average Bonchev–Trinajstić information content (AvgIpc) is 2.12. The van der Waals surface area contributed by atoms with Crippen molar-refractivity contribution in [3.05, 3.63) is 0 Å². The molecule has 0 amide bonds. The van der Waals surface area contributed by atoms with Gasteiger partial charge >= 0.3 is 0 Å². The molecule has 0 radical (unpaired) electrons. The van der Waals surface area contributed by atoms with Gasteiger partial charge in [-0.05, 0) is 50.4 Å². The van der Waals surface area contributed by atoms with E-state index in [1.54, 1.807) is 0 Å². The summed E-state index contributed by atoms with van der Waals surface area (Å²) in [4.78, 5) is 12.1. The summed E-state index contributed by atoms with van der Waals surface area (Å²) in [6.45, 7) is 0. The van der Waals surface area contributed by atoms with Crippen LogP contribution in [-0.4, -0.2) is 20.9 Å². The number of carbonyl (C=O) groups is 1. The van der Waals surface area contributed by atoms with Crippen LogP contribution in [-0.2, 0) is 4.79 Å². The molecule has 2 atom stereocenters. The van der Waals surface area contributed by atoms with E-state index in [2.05, 4.69) is 22.6 Å². The smallest absolute Gasteiger partial charge is 0.148 e. The van der Waals surface area contributed by atoms with E-state index in [-0.39, 0.29) is 5.41 Å². The molecule has 0 aromatic rings. The van der Waals surface area contributed by atoms with Crippen LogP contribution in [0.1, 0.15) is 38.5 Å². The molecule has 1 N–H and O–H groups in total. The van der Waals surface area contributed by atoms with Crippen LogP contribution in [0.4, 0.5) is 0 Å². The number of ketones is 1. The van der Waals surface area contributed by atoms with Gasteiger partial charge in [-0.2, -0.15) is 0 Å². The largest absolute Gasteiger partial charge is 0.390 e. The molecule has 0 aromatic heterocycles. The first-order chi connectivity index (χ1) is 7.05. The van der Waals surface area contributed by atoms with Gasteiger partial charge in [-0.3, -0.25) is 4.79 Å². The first-order valence-electron chi connectivity index (χ1n) is 5.87. The highest BCUT2D eigenvalue weighted by Gasteiger charge is 2.59. The maximum absolute atomic E-state index is 12.1. The fourth-order valence-electron chi connectivity index (χ4n) is 4.68. The molecule has 2 nitrogen and oxygen atoms in total. The molecule has 0 heterocycles. The topological polar surface area (TPSA) is 37.3 Å². The molecule has 4 bridgehead atoms. The Morgan fingerprint density at radius 3 is 2.33 bits per heavy atom. The van der Waals surface area contributed by atoms with E-state index in [1.165, 1.54) is 6.42 Å². The molecule has 0 aliphatic heterocycles. The van der Waals surface area contributed by atoms with Crippen molar-refractivity contribution in [2.75, 3.05) is 4.43 Å². The summed E-state index contributed by atoms with van der Waals surface area (Å²) < 4.78 is 0.618. The Morgan fingerprint density at radius 2 is 1.87 bits per heavy atom. The lowest BCUT2D eigenvalue weighted by Crippen LogP contribution is -2.58. The number of carbonyl (C=O) groups excluding carboxylic acids is 1. The van der Waals surface area contributed by atoms with Gasteiger partial charge in [-0.1, -0.05) is 22.6 Å². The van der Waals surface area contributed by atoms with Gasteiger partial charge in [0.25, 0.3) is 0 Å². The molecule has 4 aliphatic rings. The zero-order chi connectivity index (χ0) is 10.7. The van der Waals surface area contributed by atoms with Crippen molar-refractivity contribution in [2.24, 2.45) is 17.3 Å². The Kier molecular flexibility index (Phi) is 2.23. The van der Waals surface area contributed by atoms with Crippen molar-refractivity contribution in [3.63, 3.8) is 0 Å². The van der Waals surface area contributed by atoms with Gasteiger partial charge in [0.2, 0.25) is 0 Å². The first-order valence-corrected chi connectivity index (χ1v) is 7.39. The molecule has 4 fully saturated rings. The summed E-state index contributed by atoms with van der Waals surface area (Å²) in [7, 11) is 0. The number of hydrogen-bond donors (Lipinski definition) is 1. The van der Waals surface area contributed by atoms with Crippen LogP contribution in [0.25, 0.3) is 0 Å². The SMILES string of the molecule is O=C(CI)C12CC3CC(CC(O)(C3)C1)C2. The summed E-state index contributed by atoms with van der Waals surface area (Å²) in [6, 6.07) is 0. The summed E-state index contributed by atoms with van der Waals surface area (Å²) in [5.41, 5.74) is -0.606. The second kappa shape index (κ2) is 3.19. The van der Waals surface area contributed by atoms with E-state index in [0.717, 1.165) is 32.1 Å². The monoisotopic (exact) mass is 320 g/mol.